The Morgan fingerprint density at radius 3 is 3.00 bits per heavy atom. The standard InChI is InChI=1S/C13H13ClN2S2/c14-7-3-6-12-15-16-13(18-12)11-8-9-4-1-2-5-10(9)17-11/h1-2,4-5,11H,3,6-8H2. The molecule has 0 saturated heterocycles. The number of thioether (sulfide) groups is 1. The van der Waals surface area contributed by atoms with Crippen molar-refractivity contribution in [1.29, 1.82) is 0 Å². The van der Waals surface area contributed by atoms with Crippen molar-refractivity contribution in [2.75, 3.05) is 5.88 Å². The Labute approximate surface area is 120 Å². The maximum absolute atomic E-state index is 5.70. The number of benzene rings is 1. The van der Waals surface area contributed by atoms with Gasteiger partial charge in [-0.05, 0) is 24.5 Å². The molecule has 1 aliphatic heterocycles. The molecule has 0 amide bonds. The summed E-state index contributed by atoms with van der Waals surface area (Å²) in [7, 11) is 0. The highest BCUT2D eigenvalue weighted by Crippen LogP contribution is 2.46. The van der Waals surface area contributed by atoms with Crippen LogP contribution in [0.4, 0.5) is 0 Å². The number of alkyl halides is 1. The summed E-state index contributed by atoms with van der Waals surface area (Å²) in [6.07, 6.45) is 3.00. The Balaban J connectivity index is 1.72. The van der Waals surface area contributed by atoms with E-state index in [0.29, 0.717) is 11.1 Å². The van der Waals surface area contributed by atoms with Gasteiger partial charge in [0.2, 0.25) is 0 Å². The van der Waals surface area contributed by atoms with Gasteiger partial charge in [0, 0.05) is 17.2 Å². The second kappa shape index (κ2) is 5.59. The summed E-state index contributed by atoms with van der Waals surface area (Å²) in [5.41, 5.74) is 1.44. The molecule has 1 aliphatic rings. The van der Waals surface area contributed by atoms with Crippen molar-refractivity contribution in [2.24, 2.45) is 0 Å². The molecule has 0 N–H and O–H groups in total. The SMILES string of the molecule is ClCCCc1nnc(C2Cc3ccccc3S2)s1. The Morgan fingerprint density at radius 2 is 2.17 bits per heavy atom. The first-order valence-corrected chi connectivity index (χ1v) is 8.22. The zero-order valence-electron chi connectivity index (χ0n) is 9.80. The van der Waals surface area contributed by atoms with Crippen LogP contribution >= 0.6 is 34.7 Å². The first-order valence-electron chi connectivity index (χ1n) is 5.99. The van der Waals surface area contributed by atoms with E-state index in [0.717, 1.165) is 29.3 Å². The molecule has 5 heteroatoms. The summed E-state index contributed by atoms with van der Waals surface area (Å²) in [6, 6.07) is 8.60. The molecule has 0 radical (unpaired) electrons. The van der Waals surface area contributed by atoms with Gasteiger partial charge in [-0.2, -0.15) is 0 Å². The summed E-state index contributed by atoms with van der Waals surface area (Å²) in [5, 5.41) is 11.3. The van der Waals surface area contributed by atoms with Crippen molar-refractivity contribution in [3.63, 3.8) is 0 Å². The van der Waals surface area contributed by atoms with Gasteiger partial charge in [0.25, 0.3) is 0 Å². The number of aromatic nitrogens is 2. The van der Waals surface area contributed by atoms with E-state index < -0.39 is 0 Å². The van der Waals surface area contributed by atoms with Crippen LogP contribution in [0.25, 0.3) is 0 Å². The minimum atomic E-state index is 0.449. The number of rotatable bonds is 4. The lowest BCUT2D eigenvalue weighted by atomic mass is 10.1. The number of aryl methyl sites for hydroxylation is 1. The van der Waals surface area contributed by atoms with Crippen LogP contribution in [0.1, 0.15) is 27.2 Å². The van der Waals surface area contributed by atoms with Crippen molar-refractivity contribution in [3.05, 3.63) is 39.8 Å². The minimum absolute atomic E-state index is 0.449. The molecule has 94 valence electrons. The van der Waals surface area contributed by atoms with Gasteiger partial charge in [0.05, 0.1) is 5.25 Å². The van der Waals surface area contributed by atoms with E-state index in [4.69, 9.17) is 11.6 Å². The van der Waals surface area contributed by atoms with Crippen LogP contribution in [0.2, 0.25) is 0 Å². The average Bonchev–Trinajstić information content (AvgIpc) is 3.02. The maximum Gasteiger partial charge on any atom is 0.131 e. The van der Waals surface area contributed by atoms with Gasteiger partial charge in [0.1, 0.15) is 10.0 Å². The Morgan fingerprint density at radius 1 is 1.28 bits per heavy atom. The summed E-state index contributed by atoms with van der Waals surface area (Å²) in [6.45, 7) is 0. The third kappa shape index (κ3) is 2.56. The third-order valence-corrected chi connectivity index (χ3v) is 5.77. The van der Waals surface area contributed by atoms with Crippen molar-refractivity contribution in [2.45, 2.75) is 29.4 Å². The quantitative estimate of drug-likeness (QED) is 0.795. The highest BCUT2D eigenvalue weighted by atomic mass is 35.5. The van der Waals surface area contributed by atoms with Crippen LogP contribution in [-0.4, -0.2) is 16.1 Å². The summed E-state index contributed by atoms with van der Waals surface area (Å²) in [4.78, 5) is 1.39. The Hall–Kier alpha value is -0.580. The van der Waals surface area contributed by atoms with Crippen molar-refractivity contribution < 1.29 is 0 Å². The largest absolute Gasteiger partial charge is 0.144 e. The number of nitrogens with zero attached hydrogens (tertiary/aromatic N) is 2. The molecule has 18 heavy (non-hydrogen) atoms. The van der Waals surface area contributed by atoms with Crippen LogP contribution in [0.5, 0.6) is 0 Å². The van der Waals surface area contributed by atoms with Gasteiger partial charge in [-0.1, -0.05) is 18.2 Å². The topological polar surface area (TPSA) is 25.8 Å². The van der Waals surface area contributed by atoms with Gasteiger partial charge in [-0.25, -0.2) is 0 Å². The maximum atomic E-state index is 5.70. The van der Waals surface area contributed by atoms with Crippen molar-refractivity contribution >= 4 is 34.7 Å². The number of fused-ring (bicyclic) bond motifs is 1. The predicted octanol–water partition coefficient (Wildman–Crippen LogP) is 4.10. The van der Waals surface area contributed by atoms with E-state index in [1.165, 1.54) is 10.5 Å². The highest BCUT2D eigenvalue weighted by molar-refractivity contribution is 8.00. The molecule has 1 atom stereocenters. The summed E-state index contributed by atoms with van der Waals surface area (Å²) in [5.74, 6) is 0.693. The molecule has 1 unspecified atom stereocenters. The highest BCUT2D eigenvalue weighted by Gasteiger charge is 2.26. The molecular formula is C13H13ClN2S2. The third-order valence-electron chi connectivity index (χ3n) is 2.93. The molecule has 0 fully saturated rings. The van der Waals surface area contributed by atoms with Gasteiger partial charge in [-0.15, -0.1) is 44.9 Å². The van der Waals surface area contributed by atoms with E-state index in [1.807, 2.05) is 11.8 Å². The van der Waals surface area contributed by atoms with E-state index in [2.05, 4.69) is 34.5 Å². The normalized spacial score (nSPS) is 17.9. The van der Waals surface area contributed by atoms with E-state index >= 15 is 0 Å². The first-order chi connectivity index (χ1) is 8.86. The van der Waals surface area contributed by atoms with Crippen LogP contribution in [0.15, 0.2) is 29.2 Å². The molecule has 0 bridgehead atoms. The molecule has 2 aromatic rings. The molecule has 0 aliphatic carbocycles. The lowest BCUT2D eigenvalue weighted by Gasteiger charge is -2.01. The molecular weight excluding hydrogens is 284 g/mol. The zero-order valence-corrected chi connectivity index (χ0v) is 12.2. The zero-order chi connectivity index (χ0) is 12.4. The molecule has 0 saturated carbocycles. The number of halogens is 1. The molecule has 2 nitrogen and oxygen atoms in total. The van der Waals surface area contributed by atoms with Gasteiger partial charge >= 0.3 is 0 Å². The van der Waals surface area contributed by atoms with E-state index in [9.17, 15) is 0 Å². The van der Waals surface area contributed by atoms with Crippen molar-refractivity contribution in [3.8, 4) is 0 Å². The van der Waals surface area contributed by atoms with E-state index in [1.54, 1.807) is 11.3 Å². The fraction of sp³-hybridized carbons (Fsp3) is 0.385. The van der Waals surface area contributed by atoms with Gasteiger partial charge in [0.15, 0.2) is 0 Å². The van der Waals surface area contributed by atoms with Crippen LogP contribution in [0.3, 0.4) is 0 Å². The van der Waals surface area contributed by atoms with Crippen LogP contribution in [0, 0.1) is 0 Å². The number of hydrogen-bond acceptors (Lipinski definition) is 4. The Bertz CT molecular complexity index is 516. The molecule has 1 aromatic carbocycles. The minimum Gasteiger partial charge on any atom is -0.144 e. The smallest absolute Gasteiger partial charge is 0.131 e. The lowest BCUT2D eigenvalue weighted by molar-refractivity contribution is 0.854. The van der Waals surface area contributed by atoms with Gasteiger partial charge in [-0.3, -0.25) is 0 Å². The Kier molecular flexibility index (Phi) is 3.87. The second-order valence-electron chi connectivity index (χ2n) is 4.24. The molecule has 0 spiro atoms. The van der Waals surface area contributed by atoms with Crippen molar-refractivity contribution in [1.82, 2.24) is 10.2 Å². The van der Waals surface area contributed by atoms with Crippen LogP contribution in [-0.2, 0) is 12.8 Å². The van der Waals surface area contributed by atoms with E-state index in [-0.39, 0.29) is 0 Å². The van der Waals surface area contributed by atoms with Crippen LogP contribution < -0.4 is 0 Å². The number of hydrogen-bond donors (Lipinski definition) is 0. The molecule has 1 aromatic heterocycles. The summed E-state index contributed by atoms with van der Waals surface area (Å²) < 4.78 is 0. The lowest BCUT2D eigenvalue weighted by Crippen LogP contribution is -1.91. The average molecular weight is 297 g/mol. The summed E-state index contributed by atoms with van der Waals surface area (Å²) >= 11 is 9.35. The monoisotopic (exact) mass is 296 g/mol. The fourth-order valence-electron chi connectivity index (χ4n) is 2.04. The molecule has 3 rings (SSSR count). The molecule has 2 heterocycles. The first kappa shape index (κ1) is 12.5. The predicted molar refractivity (Wildman–Crippen MR) is 77.7 cm³/mol. The van der Waals surface area contributed by atoms with Gasteiger partial charge < -0.3 is 0 Å². The second-order valence-corrected chi connectivity index (χ2v) is 6.96. The fourth-order valence-corrected chi connectivity index (χ4v) is 4.50.